The summed E-state index contributed by atoms with van der Waals surface area (Å²) in [5.41, 5.74) is 6.84. The maximum absolute atomic E-state index is 2.44. The molecule has 1 aromatic heterocycles. The Labute approximate surface area is 145 Å². The van der Waals surface area contributed by atoms with E-state index in [2.05, 4.69) is 74.0 Å². The molecule has 0 saturated heterocycles. The average Bonchev–Trinajstić information content (AvgIpc) is 3.11. The van der Waals surface area contributed by atoms with Gasteiger partial charge < -0.3 is 0 Å². The Morgan fingerprint density at radius 1 is 0.917 bits per heavy atom. The third kappa shape index (κ3) is 2.53. The van der Waals surface area contributed by atoms with Crippen LogP contribution in [0.2, 0.25) is 0 Å². The first kappa shape index (κ1) is 15.4. The molecule has 4 rings (SSSR count). The zero-order chi connectivity index (χ0) is 16.7. The molecule has 2 aromatic carbocycles. The van der Waals surface area contributed by atoms with Crippen LogP contribution in [0, 0.1) is 13.8 Å². The molecule has 1 heteroatoms. The van der Waals surface area contributed by atoms with Crippen molar-refractivity contribution in [1.29, 1.82) is 0 Å². The highest BCUT2D eigenvalue weighted by molar-refractivity contribution is 5.94. The standard InChI is InChI=1S/C23H26N/c1-16-8-4-7-11-21(16)23-22-13-12-19(18-9-5-6-10-18)15-20(22)14-17(2)24(23)3/h4,7-8,11-15,18H,5-6,9-10H2,1-3H3/q+1. The number of hydrogen-bond acceptors (Lipinski definition) is 0. The van der Waals surface area contributed by atoms with E-state index in [1.165, 1.54) is 64.5 Å². The summed E-state index contributed by atoms with van der Waals surface area (Å²) in [5.74, 6) is 0.769. The first-order valence-corrected chi connectivity index (χ1v) is 9.14. The SMILES string of the molecule is Cc1ccccc1-c1c2ccc(C3CCCC3)cc2cc(C)[n+]1C. The van der Waals surface area contributed by atoms with E-state index in [-0.39, 0.29) is 0 Å². The van der Waals surface area contributed by atoms with Crippen molar-refractivity contribution in [2.24, 2.45) is 7.05 Å². The van der Waals surface area contributed by atoms with Crippen molar-refractivity contribution in [3.8, 4) is 11.3 Å². The monoisotopic (exact) mass is 316 g/mol. The summed E-state index contributed by atoms with van der Waals surface area (Å²) in [5, 5.41) is 2.74. The van der Waals surface area contributed by atoms with Gasteiger partial charge in [0.2, 0.25) is 5.69 Å². The minimum Gasteiger partial charge on any atom is -0.198 e. The molecule has 0 spiro atoms. The lowest BCUT2D eigenvalue weighted by molar-refractivity contribution is -0.665. The number of aryl methyl sites for hydroxylation is 2. The Morgan fingerprint density at radius 2 is 1.67 bits per heavy atom. The highest BCUT2D eigenvalue weighted by atomic mass is 14.9. The van der Waals surface area contributed by atoms with Crippen LogP contribution >= 0.6 is 0 Å². The van der Waals surface area contributed by atoms with Gasteiger partial charge in [-0.15, -0.1) is 0 Å². The Morgan fingerprint density at radius 3 is 2.42 bits per heavy atom. The van der Waals surface area contributed by atoms with Crippen LogP contribution in [-0.4, -0.2) is 0 Å². The van der Waals surface area contributed by atoms with Gasteiger partial charge in [0.1, 0.15) is 7.05 Å². The predicted octanol–water partition coefficient (Wildman–Crippen LogP) is 5.61. The van der Waals surface area contributed by atoms with Gasteiger partial charge in [-0.3, -0.25) is 0 Å². The second-order valence-electron chi connectivity index (χ2n) is 7.34. The fourth-order valence-electron chi connectivity index (χ4n) is 4.27. The second-order valence-corrected chi connectivity index (χ2v) is 7.34. The summed E-state index contributed by atoms with van der Waals surface area (Å²) < 4.78 is 2.33. The van der Waals surface area contributed by atoms with Crippen LogP contribution in [0.15, 0.2) is 48.5 Å². The molecule has 0 aliphatic heterocycles. The molecule has 3 aromatic rings. The van der Waals surface area contributed by atoms with Crippen LogP contribution in [0.3, 0.4) is 0 Å². The molecule has 0 radical (unpaired) electrons. The van der Waals surface area contributed by atoms with Crippen LogP contribution in [0.25, 0.3) is 22.0 Å². The molecule has 1 fully saturated rings. The third-order valence-corrected chi connectivity index (χ3v) is 5.79. The van der Waals surface area contributed by atoms with Gasteiger partial charge in [-0.1, -0.05) is 43.2 Å². The Balaban J connectivity index is 1.95. The van der Waals surface area contributed by atoms with Gasteiger partial charge in [-0.2, -0.15) is 4.57 Å². The van der Waals surface area contributed by atoms with Crippen LogP contribution < -0.4 is 4.57 Å². The van der Waals surface area contributed by atoms with E-state index in [1.807, 2.05) is 0 Å². The van der Waals surface area contributed by atoms with Gasteiger partial charge in [0.25, 0.3) is 0 Å². The number of aromatic nitrogens is 1. The average molecular weight is 316 g/mol. The fourth-order valence-corrected chi connectivity index (χ4v) is 4.27. The Hall–Kier alpha value is -2.15. The first-order valence-electron chi connectivity index (χ1n) is 9.14. The highest BCUT2D eigenvalue weighted by Gasteiger charge is 2.22. The van der Waals surface area contributed by atoms with Gasteiger partial charge in [0, 0.05) is 18.6 Å². The van der Waals surface area contributed by atoms with Crippen molar-refractivity contribution in [3.05, 3.63) is 65.4 Å². The maximum Gasteiger partial charge on any atom is 0.220 e. The smallest absolute Gasteiger partial charge is 0.198 e. The van der Waals surface area contributed by atoms with Gasteiger partial charge in [0.05, 0.1) is 5.39 Å². The maximum atomic E-state index is 2.44. The molecule has 1 nitrogen and oxygen atoms in total. The van der Waals surface area contributed by atoms with E-state index in [9.17, 15) is 0 Å². The number of fused-ring (bicyclic) bond motifs is 1. The number of nitrogens with zero attached hydrogens (tertiary/aromatic N) is 1. The van der Waals surface area contributed by atoms with E-state index >= 15 is 0 Å². The topological polar surface area (TPSA) is 3.88 Å². The van der Waals surface area contributed by atoms with E-state index in [1.54, 1.807) is 0 Å². The van der Waals surface area contributed by atoms with Crippen LogP contribution in [0.5, 0.6) is 0 Å². The van der Waals surface area contributed by atoms with Crippen LogP contribution in [0.4, 0.5) is 0 Å². The molecule has 0 atom stereocenters. The minimum absolute atomic E-state index is 0.769. The lowest BCUT2D eigenvalue weighted by Crippen LogP contribution is -2.35. The van der Waals surface area contributed by atoms with Crippen LogP contribution in [-0.2, 0) is 7.05 Å². The highest BCUT2D eigenvalue weighted by Crippen LogP contribution is 2.36. The number of rotatable bonds is 2. The van der Waals surface area contributed by atoms with Gasteiger partial charge >= 0.3 is 0 Å². The third-order valence-electron chi connectivity index (χ3n) is 5.79. The van der Waals surface area contributed by atoms with E-state index in [0.29, 0.717) is 0 Å². The summed E-state index contributed by atoms with van der Waals surface area (Å²) in [6.45, 7) is 4.42. The molecule has 0 amide bonds. The fraction of sp³-hybridized carbons (Fsp3) is 0.348. The normalized spacial score (nSPS) is 15.3. The predicted molar refractivity (Wildman–Crippen MR) is 101 cm³/mol. The molecule has 1 aliphatic rings. The molecule has 1 saturated carbocycles. The van der Waals surface area contributed by atoms with Crippen LogP contribution in [0.1, 0.15) is 48.4 Å². The van der Waals surface area contributed by atoms with E-state index in [4.69, 9.17) is 0 Å². The van der Waals surface area contributed by atoms with Crippen molar-refractivity contribution in [1.82, 2.24) is 0 Å². The van der Waals surface area contributed by atoms with E-state index < -0.39 is 0 Å². The van der Waals surface area contributed by atoms with Crippen molar-refractivity contribution in [2.45, 2.75) is 45.4 Å². The molecule has 24 heavy (non-hydrogen) atoms. The minimum atomic E-state index is 0.769. The second kappa shape index (κ2) is 6.05. The number of benzene rings is 2. The lowest BCUT2D eigenvalue weighted by atomic mass is 9.93. The van der Waals surface area contributed by atoms with Gasteiger partial charge in [0.15, 0.2) is 5.69 Å². The summed E-state index contributed by atoms with van der Waals surface area (Å²) in [7, 11) is 2.18. The zero-order valence-corrected chi connectivity index (χ0v) is 15.0. The lowest BCUT2D eigenvalue weighted by Gasteiger charge is -2.13. The molecule has 0 bridgehead atoms. The van der Waals surface area contributed by atoms with Gasteiger partial charge in [-0.05, 0) is 54.3 Å². The number of hydrogen-bond donors (Lipinski definition) is 0. The first-order chi connectivity index (χ1) is 11.6. The van der Waals surface area contributed by atoms with Crippen molar-refractivity contribution < 1.29 is 4.57 Å². The summed E-state index contributed by atoms with van der Waals surface area (Å²) in [4.78, 5) is 0. The largest absolute Gasteiger partial charge is 0.220 e. The molecule has 1 heterocycles. The Bertz CT molecular complexity index is 901. The van der Waals surface area contributed by atoms with Crippen molar-refractivity contribution in [3.63, 3.8) is 0 Å². The quantitative estimate of drug-likeness (QED) is 0.541. The number of pyridine rings is 1. The molecule has 1 aliphatic carbocycles. The van der Waals surface area contributed by atoms with Crippen molar-refractivity contribution in [2.75, 3.05) is 0 Å². The molecule has 0 unspecified atom stereocenters. The Kier molecular flexibility index (Phi) is 3.88. The summed E-state index contributed by atoms with van der Waals surface area (Å²) in [6, 6.07) is 18.2. The van der Waals surface area contributed by atoms with E-state index in [0.717, 1.165) is 5.92 Å². The van der Waals surface area contributed by atoms with Crippen molar-refractivity contribution >= 4 is 10.8 Å². The van der Waals surface area contributed by atoms with Gasteiger partial charge in [-0.25, -0.2) is 0 Å². The zero-order valence-electron chi connectivity index (χ0n) is 15.0. The molecule has 122 valence electrons. The summed E-state index contributed by atoms with van der Waals surface area (Å²) in [6.07, 6.45) is 5.49. The molecular weight excluding hydrogens is 290 g/mol. The summed E-state index contributed by atoms with van der Waals surface area (Å²) >= 11 is 0. The molecular formula is C23H26N+. The molecule has 0 N–H and O–H groups in total.